The highest BCUT2D eigenvalue weighted by atomic mass is 32.2. The van der Waals surface area contributed by atoms with Gasteiger partial charge in [0.2, 0.25) is 5.91 Å². The molecule has 0 spiro atoms. The Balaban J connectivity index is 1.37. The molecule has 0 bridgehead atoms. The summed E-state index contributed by atoms with van der Waals surface area (Å²) in [6.07, 6.45) is 0.657. The van der Waals surface area contributed by atoms with Crippen molar-refractivity contribution in [2.75, 3.05) is 18.2 Å². The number of esters is 1. The van der Waals surface area contributed by atoms with Gasteiger partial charge in [-0.1, -0.05) is 54.2 Å². The van der Waals surface area contributed by atoms with Gasteiger partial charge in [-0.15, -0.1) is 10.2 Å². The van der Waals surface area contributed by atoms with Crippen molar-refractivity contribution in [1.29, 1.82) is 0 Å². The van der Waals surface area contributed by atoms with Crippen molar-refractivity contribution in [3.05, 3.63) is 83.7 Å². The van der Waals surface area contributed by atoms with Crippen LogP contribution in [-0.4, -0.2) is 39.5 Å². The number of amides is 1. The number of fused-ring (bicyclic) bond motifs is 1. The number of hydrogen-bond acceptors (Lipinski definition) is 6. The van der Waals surface area contributed by atoms with E-state index in [9.17, 15) is 9.59 Å². The molecule has 0 atom stereocenters. The van der Waals surface area contributed by atoms with Gasteiger partial charge in [0.25, 0.3) is 0 Å². The molecule has 0 aliphatic heterocycles. The summed E-state index contributed by atoms with van der Waals surface area (Å²) in [7, 11) is 3.24. The SMILES string of the molecule is COC(=O)c1ccc(NC(=O)CSc2nnc(Cc3cccc4ccccc34)n2C)cc1. The quantitative estimate of drug-likeness (QED) is 0.340. The maximum Gasteiger partial charge on any atom is 0.337 e. The van der Waals surface area contributed by atoms with Crippen LogP contribution in [0.25, 0.3) is 10.8 Å². The third-order valence-corrected chi connectivity index (χ3v) is 6.10. The molecule has 4 rings (SSSR count). The van der Waals surface area contributed by atoms with Crippen LogP contribution in [0.1, 0.15) is 21.7 Å². The lowest BCUT2D eigenvalue weighted by Gasteiger charge is -2.08. The number of benzene rings is 3. The monoisotopic (exact) mass is 446 g/mol. The number of nitrogens with zero attached hydrogens (tertiary/aromatic N) is 3. The first-order valence-corrected chi connectivity index (χ1v) is 11.0. The van der Waals surface area contributed by atoms with Gasteiger partial charge in [-0.25, -0.2) is 4.79 Å². The van der Waals surface area contributed by atoms with Crippen LogP contribution in [0.2, 0.25) is 0 Å². The first-order valence-electron chi connectivity index (χ1n) is 10.0. The largest absolute Gasteiger partial charge is 0.465 e. The van der Waals surface area contributed by atoms with Crippen LogP contribution in [0.4, 0.5) is 5.69 Å². The molecule has 3 aromatic carbocycles. The summed E-state index contributed by atoms with van der Waals surface area (Å²) in [4.78, 5) is 23.8. The highest BCUT2D eigenvalue weighted by molar-refractivity contribution is 7.99. The Morgan fingerprint density at radius 2 is 1.75 bits per heavy atom. The van der Waals surface area contributed by atoms with E-state index in [4.69, 9.17) is 0 Å². The van der Waals surface area contributed by atoms with Gasteiger partial charge >= 0.3 is 5.97 Å². The van der Waals surface area contributed by atoms with Gasteiger partial charge in [-0.3, -0.25) is 4.79 Å². The summed E-state index contributed by atoms with van der Waals surface area (Å²) in [6, 6.07) is 21.1. The number of methoxy groups -OCH3 is 1. The molecule has 4 aromatic rings. The lowest BCUT2D eigenvalue weighted by molar-refractivity contribution is -0.113. The Kier molecular flexibility index (Phi) is 6.51. The fourth-order valence-electron chi connectivity index (χ4n) is 3.38. The van der Waals surface area contributed by atoms with Gasteiger partial charge in [-0.2, -0.15) is 0 Å². The molecule has 1 N–H and O–H groups in total. The topological polar surface area (TPSA) is 86.1 Å². The number of anilines is 1. The first-order chi connectivity index (χ1) is 15.5. The van der Waals surface area contributed by atoms with Gasteiger partial charge < -0.3 is 14.6 Å². The van der Waals surface area contributed by atoms with Gasteiger partial charge in [-0.05, 0) is 40.6 Å². The molecule has 32 heavy (non-hydrogen) atoms. The Bertz CT molecular complexity index is 1260. The molecule has 162 valence electrons. The number of nitrogens with one attached hydrogen (secondary N) is 1. The molecule has 1 amide bonds. The highest BCUT2D eigenvalue weighted by Crippen LogP contribution is 2.23. The molecule has 8 heteroatoms. The van der Waals surface area contributed by atoms with Crippen LogP contribution in [-0.2, 0) is 23.0 Å². The Morgan fingerprint density at radius 3 is 2.53 bits per heavy atom. The summed E-state index contributed by atoms with van der Waals surface area (Å²) >= 11 is 1.32. The third-order valence-electron chi connectivity index (χ3n) is 5.08. The second-order valence-corrected chi connectivity index (χ2v) is 8.12. The minimum atomic E-state index is -0.417. The van der Waals surface area contributed by atoms with Gasteiger partial charge in [0.1, 0.15) is 5.82 Å². The predicted octanol–water partition coefficient (Wildman–Crippen LogP) is 4.08. The van der Waals surface area contributed by atoms with Crippen molar-refractivity contribution in [1.82, 2.24) is 14.8 Å². The normalized spacial score (nSPS) is 10.8. The summed E-state index contributed by atoms with van der Waals surface area (Å²) in [5, 5.41) is 14.5. The molecule has 0 fully saturated rings. The molecule has 0 saturated heterocycles. The molecule has 1 aromatic heterocycles. The molecule has 0 radical (unpaired) electrons. The summed E-state index contributed by atoms with van der Waals surface area (Å²) in [5.41, 5.74) is 2.22. The van der Waals surface area contributed by atoms with Crippen molar-refractivity contribution in [3.8, 4) is 0 Å². The molecular weight excluding hydrogens is 424 g/mol. The second kappa shape index (κ2) is 9.65. The first kappa shape index (κ1) is 21.6. The second-order valence-electron chi connectivity index (χ2n) is 7.18. The number of ether oxygens (including phenoxy) is 1. The van der Waals surface area contributed by atoms with Crippen molar-refractivity contribution in [2.45, 2.75) is 11.6 Å². The van der Waals surface area contributed by atoms with E-state index in [0.29, 0.717) is 22.8 Å². The van der Waals surface area contributed by atoms with Crippen LogP contribution in [0.3, 0.4) is 0 Å². The van der Waals surface area contributed by atoms with E-state index >= 15 is 0 Å². The zero-order valence-corrected chi connectivity index (χ0v) is 18.6. The van der Waals surface area contributed by atoms with Crippen LogP contribution >= 0.6 is 11.8 Å². The lowest BCUT2D eigenvalue weighted by atomic mass is 10.0. The number of hydrogen-bond donors (Lipinski definition) is 1. The van der Waals surface area contributed by atoms with E-state index in [-0.39, 0.29) is 11.7 Å². The number of carbonyl (C=O) groups is 2. The van der Waals surface area contributed by atoms with Gasteiger partial charge in [0.15, 0.2) is 5.16 Å². The predicted molar refractivity (Wildman–Crippen MR) is 125 cm³/mol. The Morgan fingerprint density at radius 1 is 1.00 bits per heavy atom. The van der Waals surface area contributed by atoms with Gasteiger partial charge in [0.05, 0.1) is 18.4 Å². The van der Waals surface area contributed by atoms with E-state index in [0.717, 1.165) is 5.82 Å². The maximum absolute atomic E-state index is 12.3. The van der Waals surface area contributed by atoms with Crippen LogP contribution < -0.4 is 5.32 Å². The molecule has 1 heterocycles. The summed E-state index contributed by atoms with van der Waals surface area (Å²) in [5.74, 6) is 0.445. The highest BCUT2D eigenvalue weighted by Gasteiger charge is 2.13. The maximum atomic E-state index is 12.3. The molecule has 0 aliphatic rings. The minimum Gasteiger partial charge on any atom is -0.465 e. The number of aromatic nitrogens is 3. The minimum absolute atomic E-state index is 0.167. The molecule has 0 unspecified atom stereocenters. The standard InChI is InChI=1S/C24H22N4O3S/c1-28-21(14-18-8-5-7-16-6-3-4-9-20(16)18)26-27-24(28)32-15-22(29)25-19-12-10-17(11-13-19)23(30)31-2/h3-13H,14-15H2,1-2H3,(H,25,29). The zero-order valence-electron chi connectivity index (χ0n) is 17.7. The van der Waals surface area contributed by atoms with Crippen molar-refractivity contribution < 1.29 is 14.3 Å². The van der Waals surface area contributed by atoms with E-state index in [1.54, 1.807) is 24.3 Å². The summed E-state index contributed by atoms with van der Waals surface area (Å²) < 4.78 is 6.59. The average Bonchev–Trinajstić information content (AvgIpc) is 3.17. The van der Waals surface area contributed by atoms with Crippen molar-refractivity contribution in [3.63, 3.8) is 0 Å². The molecule has 0 aliphatic carbocycles. The zero-order chi connectivity index (χ0) is 22.5. The molecular formula is C24H22N4O3S. The van der Waals surface area contributed by atoms with E-state index in [1.807, 2.05) is 29.8 Å². The smallest absolute Gasteiger partial charge is 0.337 e. The number of rotatable bonds is 7. The Labute approximate surface area is 189 Å². The van der Waals surface area contributed by atoms with Crippen LogP contribution in [0.15, 0.2) is 71.9 Å². The lowest BCUT2D eigenvalue weighted by Crippen LogP contribution is -2.14. The average molecular weight is 447 g/mol. The van der Waals surface area contributed by atoms with E-state index in [1.165, 1.54) is 35.2 Å². The number of carbonyl (C=O) groups excluding carboxylic acids is 2. The van der Waals surface area contributed by atoms with E-state index < -0.39 is 5.97 Å². The fraction of sp³-hybridized carbons (Fsp3) is 0.167. The van der Waals surface area contributed by atoms with Crippen LogP contribution in [0.5, 0.6) is 0 Å². The molecule has 0 saturated carbocycles. The van der Waals surface area contributed by atoms with Crippen molar-refractivity contribution in [2.24, 2.45) is 7.05 Å². The van der Waals surface area contributed by atoms with E-state index in [2.05, 4.69) is 44.5 Å². The van der Waals surface area contributed by atoms with Crippen molar-refractivity contribution >= 4 is 40.1 Å². The number of thioether (sulfide) groups is 1. The third kappa shape index (κ3) is 4.81. The van der Waals surface area contributed by atoms with Gasteiger partial charge in [0, 0.05) is 19.2 Å². The fourth-order valence-corrected chi connectivity index (χ4v) is 4.11. The molecule has 7 nitrogen and oxygen atoms in total. The summed E-state index contributed by atoms with van der Waals surface area (Å²) in [6.45, 7) is 0. The van der Waals surface area contributed by atoms with Crippen LogP contribution in [0, 0.1) is 0 Å². The Hall–Kier alpha value is -3.65.